The highest BCUT2D eigenvalue weighted by Gasteiger charge is 2.47. The monoisotopic (exact) mass is 399 g/mol. The van der Waals surface area contributed by atoms with E-state index in [9.17, 15) is 22.4 Å². The van der Waals surface area contributed by atoms with E-state index in [2.05, 4.69) is 21.9 Å². The molecule has 0 aliphatic heterocycles. The second-order valence-corrected chi connectivity index (χ2v) is 6.73. The third-order valence-electron chi connectivity index (χ3n) is 4.45. The van der Waals surface area contributed by atoms with Crippen LogP contribution in [0.25, 0.3) is 5.57 Å². The van der Waals surface area contributed by atoms with Crippen LogP contribution in [0, 0.1) is 5.82 Å². The van der Waals surface area contributed by atoms with E-state index in [0.717, 1.165) is 12.3 Å². The maximum Gasteiger partial charge on any atom is 0.416 e. The minimum atomic E-state index is -4.58. The van der Waals surface area contributed by atoms with Gasteiger partial charge in [0.1, 0.15) is 0 Å². The molecule has 27 heavy (non-hydrogen) atoms. The fraction of sp³-hybridized carbons (Fsp3) is 0.278. The van der Waals surface area contributed by atoms with Crippen molar-refractivity contribution in [2.45, 2.75) is 24.4 Å². The molecule has 0 unspecified atom stereocenters. The predicted molar refractivity (Wildman–Crippen MR) is 91.8 cm³/mol. The van der Waals surface area contributed by atoms with Crippen molar-refractivity contribution in [2.75, 3.05) is 6.54 Å². The summed E-state index contributed by atoms with van der Waals surface area (Å²) in [5, 5.41) is 2.66. The highest BCUT2D eigenvalue weighted by molar-refractivity contribution is 6.31. The van der Waals surface area contributed by atoms with Crippen LogP contribution >= 0.6 is 11.6 Å². The molecule has 3 rings (SSSR count). The normalized spacial score (nSPS) is 15.3. The van der Waals surface area contributed by atoms with Gasteiger partial charge < -0.3 is 5.32 Å². The Kier molecular flexibility index (Phi) is 4.94. The molecular formula is C18H14ClF4N3O. The van der Waals surface area contributed by atoms with Crippen LogP contribution in [0.3, 0.4) is 0 Å². The zero-order chi connectivity index (χ0) is 19.8. The van der Waals surface area contributed by atoms with Crippen molar-refractivity contribution in [3.63, 3.8) is 0 Å². The number of allylic oxidation sites excluding steroid dienone is 1. The Morgan fingerprint density at radius 3 is 2.59 bits per heavy atom. The number of nitrogens with one attached hydrogen (secondary N) is 1. The number of amides is 1. The van der Waals surface area contributed by atoms with Crippen molar-refractivity contribution in [1.29, 1.82) is 0 Å². The Hall–Kier alpha value is -2.48. The molecule has 1 saturated carbocycles. The summed E-state index contributed by atoms with van der Waals surface area (Å²) in [6.45, 7) is 3.14. The van der Waals surface area contributed by atoms with Gasteiger partial charge in [-0.2, -0.15) is 13.2 Å². The SMILES string of the molecule is C=C(c1cnc(C2(CNC(=O)c3ncccc3F)CC2)c(Cl)c1)C(F)(F)F. The van der Waals surface area contributed by atoms with Gasteiger partial charge >= 0.3 is 6.18 Å². The Morgan fingerprint density at radius 2 is 2.04 bits per heavy atom. The van der Waals surface area contributed by atoms with Crippen molar-refractivity contribution >= 4 is 23.1 Å². The first-order valence-electron chi connectivity index (χ1n) is 7.95. The topological polar surface area (TPSA) is 54.9 Å². The van der Waals surface area contributed by atoms with Crippen LogP contribution in [0.1, 0.15) is 34.6 Å². The lowest BCUT2D eigenvalue weighted by molar-refractivity contribution is -0.0686. The minimum absolute atomic E-state index is 0.0636. The number of alkyl halides is 3. The van der Waals surface area contributed by atoms with Crippen LogP contribution < -0.4 is 5.32 Å². The van der Waals surface area contributed by atoms with Gasteiger partial charge in [-0.15, -0.1) is 0 Å². The summed E-state index contributed by atoms with van der Waals surface area (Å²) in [5.41, 5.74) is -1.77. The molecule has 2 heterocycles. The van der Waals surface area contributed by atoms with E-state index in [1.165, 1.54) is 18.3 Å². The molecule has 1 N–H and O–H groups in total. The number of aromatic nitrogens is 2. The number of hydrogen-bond donors (Lipinski definition) is 1. The van der Waals surface area contributed by atoms with Crippen LogP contribution in [-0.2, 0) is 5.41 Å². The average Bonchev–Trinajstić information content (AvgIpc) is 3.39. The summed E-state index contributed by atoms with van der Waals surface area (Å²) in [5.74, 6) is -1.43. The molecule has 9 heteroatoms. The van der Waals surface area contributed by atoms with Crippen LogP contribution in [0.4, 0.5) is 17.6 Å². The van der Waals surface area contributed by atoms with Gasteiger partial charge in [-0.3, -0.25) is 9.78 Å². The van der Waals surface area contributed by atoms with E-state index in [4.69, 9.17) is 11.6 Å². The zero-order valence-electron chi connectivity index (χ0n) is 13.9. The lowest BCUT2D eigenvalue weighted by atomic mass is 9.99. The molecule has 142 valence electrons. The third kappa shape index (κ3) is 3.95. The van der Waals surface area contributed by atoms with Gasteiger partial charge in [0.2, 0.25) is 0 Å². The van der Waals surface area contributed by atoms with E-state index in [0.29, 0.717) is 18.5 Å². The molecular weight excluding hydrogens is 386 g/mol. The molecule has 0 radical (unpaired) electrons. The first kappa shape index (κ1) is 19.3. The molecule has 0 saturated heterocycles. The maximum absolute atomic E-state index is 13.6. The van der Waals surface area contributed by atoms with Gasteiger partial charge in [0.15, 0.2) is 11.5 Å². The van der Waals surface area contributed by atoms with Crippen LogP contribution in [-0.4, -0.2) is 28.6 Å². The molecule has 0 atom stereocenters. The zero-order valence-corrected chi connectivity index (χ0v) is 14.7. The van der Waals surface area contributed by atoms with E-state index >= 15 is 0 Å². The molecule has 0 bridgehead atoms. The standard InChI is InChI=1S/C18H14ClF4N3O/c1-10(18(21,22)23)11-7-12(19)15(25-8-11)17(4-5-17)9-26-16(27)14-13(20)3-2-6-24-14/h2-3,6-8H,1,4-5,9H2,(H,26,27). The van der Waals surface area contributed by atoms with Crippen LogP contribution in [0.5, 0.6) is 0 Å². The minimum Gasteiger partial charge on any atom is -0.350 e. The smallest absolute Gasteiger partial charge is 0.350 e. The molecule has 4 nitrogen and oxygen atoms in total. The number of halogens is 5. The highest BCUT2D eigenvalue weighted by atomic mass is 35.5. The third-order valence-corrected chi connectivity index (χ3v) is 4.74. The first-order valence-corrected chi connectivity index (χ1v) is 8.33. The maximum atomic E-state index is 13.6. The van der Waals surface area contributed by atoms with Gasteiger partial charge in [-0.25, -0.2) is 9.37 Å². The Morgan fingerprint density at radius 1 is 1.33 bits per heavy atom. The predicted octanol–water partition coefficient (Wildman–Crippen LogP) is 4.31. The number of carbonyl (C=O) groups excluding carboxylic acids is 1. The quantitative estimate of drug-likeness (QED) is 0.762. The second kappa shape index (κ2) is 6.92. The molecule has 1 aliphatic carbocycles. The lowest BCUT2D eigenvalue weighted by Crippen LogP contribution is -2.34. The number of carbonyl (C=O) groups is 1. The summed E-state index contributed by atoms with van der Waals surface area (Å²) < 4.78 is 51.9. The van der Waals surface area contributed by atoms with Gasteiger partial charge in [-0.1, -0.05) is 18.2 Å². The van der Waals surface area contributed by atoms with Gasteiger partial charge in [-0.05, 0) is 31.0 Å². The Bertz CT molecular complexity index is 910. The summed E-state index contributed by atoms with van der Waals surface area (Å²) in [7, 11) is 0. The number of pyridine rings is 2. The Labute approximate surface area is 157 Å². The lowest BCUT2D eigenvalue weighted by Gasteiger charge is -2.18. The fourth-order valence-corrected chi connectivity index (χ4v) is 3.06. The molecule has 1 amide bonds. The largest absolute Gasteiger partial charge is 0.416 e. The first-order chi connectivity index (χ1) is 12.6. The number of rotatable bonds is 5. The second-order valence-electron chi connectivity index (χ2n) is 6.33. The van der Waals surface area contributed by atoms with E-state index < -0.39 is 28.9 Å². The summed E-state index contributed by atoms with van der Waals surface area (Å²) in [6, 6.07) is 3.66. The summed E-state index contributed by atoms with van der Waals surface area (Å²) in [6.07, 6.45) is -0.925. The summed E-state index contributed by atoms with van der Waals surface area (Å²) in [4.78, 5) is 19.9. The molecule has 2 aromatic heterocycles. The molecule has 0 spiro atoms. The van der Waals surface area contributed by atoms with Crippen LogP contribution in [0.2, 0.25) is 5.02 Å². The fourth-order valence-electron chi connectivity index (χ4n) is 2.69. The van der Waals surface area contributed by atoms with Crippen molar-refractivity contribution in [3.8, 4) is 0 Å². The van der Waals surface area contributed by atoms with Crippen LogP contribution in [0.15, 0.2) is 37.2 Å². The van der Waals surface area contributed by atoms with Gasteiger partial charge in [0.05, 0.1) is 16.3 Å². The van der Waals surface area contributed by atoms with Crippen molar-refractivity contribution < 1.29 is 22.4 Å². The van der Waals surface area contributed by atoms with E-state index in [1.54, 1.807) is 0 Å². The average molecular weight is 400 g/mol. The highest BCUT2D eigenvalue weighted by Crippen LogP contribution is 2.49. The molecule has 2 aromatic rings. The van der Waals surface area contributed by atoms with Gasteiger partial charge in [0, 0.05) is 29.9 Å². The van der Waals surface area contributed by atoms with Crippen molar-refractivity contribution in [3.05, 3.63) is 65.0 Å². The molecule has 0 aromatic carbocycles. The van der Waals surface area contributed by atoms with Gasteiger partial charge in [0.25, 0.3) is 5.91 Å². The molecule has 1 aliphatic rings. The van der Waals surface area contributed by atoms with Crippen molar-refractivity contribution in [2.24, 2.45) is 0 Å². The van der Waals surface area contributed by atoms with Crippen molar-refractivity contribution in [1.82, 2.24) is 15.3 Å². The van der Waals surface area contributed by atoms with E-state index in [1.807, 2.05) is 0 Å². The number of hydrogen-bond acceptors (Lipinski definition) is 3. The molecule has 1 fully saturated rings. The van der Waals surface area contributed by atoms with E-state index in [-0.39, 0.29) is 22.8 Å². The number of nitrogens with zero attached hydrogens (tertiary/aromatic N) is 2. The summed E-state index contributed by atoms with van der Waals surface area (Å²) >= 11 is 6.15. The Balaban J connectivity index is 1.75.